The maximum atomic E-state index is 12.7. The number of rotatable bonds is 4. The fourth-order valence-corrected chi connectivity index (χ4v) is 4.34. The number of anilines is 2. The number of pyridine rings is 1. The van der Waals surface area contributed by atoms with Gasteiger partial charge in [0, 0.05) is 41.7 Å². The zero-order valence-electron chi connectivity index (χ0n) is 17.1. The molecule has 0 unspecified atom stereocenters. The zero-order valence-corrected chi connectivity index (χ0v) is 19.4. The Balaban J connectivity index is 1.57. The molecule has 5 nitrogen and oxygen atoms in total. The first-order valence-corrected chi connectivity index (χ1v) is 11.3. The van der Waals surface area contributed by atoms with Gasteiger partial charge in [0.2, 0.25) is 0 Å². The van der Waals surface area contributed by atoms with Crippen LogP contribution in [0.1, 0.15) is 22.8 Å². The third-order valence-electron chi connectivity index (χ3n) is 5.58. The summed E-state index contributed by atoms with van der Waals surface area (Å²) in [5.74, 6) is 0.783. The van der Waals surface area contributed by atoms with Crippen molar-refractivity contribution in [3.8, 4) is 0 Å². The molecular weight excluding hydrogens is 464 g/mol. The Hall–Kier alpha value is -2.15. The molecule has 2 heterocycles. The van der Waals surface area contributed by atoms with Crippen molar-refractivity contribution >= 4 is 55.8 Å². The van der Waals surface area contributed by atoms with Gasteiger partial charge in [-0.15, -0.1) is 0 Å². The Bertz CT molecular complexity index is 1100. The Morgan fingerprint density at radius 3 is 2.63 bits per heavy atom. The molecule has 1 aromatic heterocycles. The summed E-state index contributed by atoms with van der Waals surface area (Å²) in [6.45, 7) is 9.51. The van der Waals surface area contributed by atoms with Crippen LogP contribution in [0.3, 0.4) is 0 Å². The van der Waals surface area contributed by atoms with Gasteiger partial charge in [0.25, 0.3) is 5.91 Å². The number of nitrogens with zero attached hydrogens (tertiary/aromatic N) is 3. The summed E-state index contributed by atoms with van der Waals surface area (Å²) in [6, 6.07) is 13.2. The highest BCUT2D eigenvalue weighted by Crippen LogP contribution is 2.27. The maximum absolute atomic E-state index is 12.7. The fraction of sp³-hybridized carbons (Fsp3) is 0.304. The van der Waals surface area contributed by atoms with E-state index in [0.29, 0.717) is 10.6 Å². The van der Waals surface area contributed by atoms with Gasteiger partial charge in [0.15, 0.2) is 0 Å². The summed E-state index contributed by atoms with van der Waals surface area (Å²) in [7, 11) is 0. The SMILES string of the molecule is CCN1CCN(c2cc(C)c3cc(NC(=O)c4cc(Br)ccc4Cl)ccc3n2)CC1. The standard InChI is InChI=1S/C23H24BrClN4O/c1-3-28-8-10-29(11-9-28)22-12-15(2)18-14-17(5-7-21(18)27-22)26-23(30)19-13-16(24)4-6-20(19)25/h4-7,12-14H,3,8-11H2,1-2H3,(H,26,30). The lowest BCUT2D eigenvalue weighted by Gasteiger charge is -2.35. The van der Waals surface area contributed by atoms with Crippen molar-refractivity contribution in [2.24, 2.45) is 0 Å². The number of amides is 1. The molecule has 4 rings (SSSR count). The molecule has 1 aliphatic heterocycles. The first-order valence-electron chi connectivity index (χ1n) is 10.1. The molecule has 0 radical (unpaired) electrons. The second-order valence-corrected chi connectivity index (χ2v) is 8.85. The second-order valence-electron chi connectivity index (χ2n) is 7.53. The Kier molecular flexibility index (Phi) is 6.27. The number of aryl methyl sites for hydroxylation is 1. The predicted octanol–water partition coefficient (Wildman–Crippen LogP) is 5.35. The second kappa shape index (κ2) is 8.92. The highest BCUT2D eigenvalue weighted by molar-refractivity contribution is 9.10. The lowest BCUT2D eigenvalue weighted by molar-refractivity contribution is 0.102. The van der Waals surface area contributed by atoms with Gasteiger partial charge in [-0.2, -0.15) is 0 Å². The molecule has 0 bridgehead atoms. The quantitative estimate of drug-likeness (QED) is 0.539. The fourth-order valence-electron chi connectivity index (χ4n) is 3.78. The van der Waals surface area contributed by atoms with Crippen LogP contribution in [0, 0.1) is 6.92 Å². The predicted molar refractivity (Wildman–Crippen MR) is 128 cm³/mol. The van der Waals surface area contributed by atoms with Gasteiger partial charge in [-0.3, -0.25) is 4.79 Å². The van der Waals surface area contributed by atoms with E-state index in [4.69, 9.17) is 16.6 Å². The highest BCUT2D eigenvalue weighted by Gasteiger charge is 2.18. The molecule has 30 heavy (non-hydrogen) atoms. The first-order chi connectivity index (χ1) is 14.4. The van der Waals surface area contributed by atoms with Gasteiger partial charge < -0.3 is 15.1 Å². The minimum atomic E-state index is -0.239. The molecule has 1 aliphatic rings. The van der Waals surface area contributed by atoms with E-state index in [1.807, 2.05) is 24.3 Å². The van der Waals surface area contributed by atoms with Crippen molar-refractivity contribution in [2.75, 3.05) is 42.9 Å². The summed E-state index contributed by atoms with van der Waals surface area (Å²) in [6.07, 6.45) is 0. The third kappa shape index (κ3) is 4.46. The number of hydrogen-bond donors (Lipinski definition) is 1. The number of benzene rings is 2. The van der Waals surface area contributed by atoms with Gasteiger partial charge in [-0.1, -0.05) is 34.5 Å². The molecule has 0 saturated carbocycles. The van der Waals surface area contributed by atoms with Crippen molar-refractivity contribution in [3.63, 3.8) is 0 Å². The van der Waals surface area contributed by atoms with Crippen LogP contribution in [0.25, 0.3) is 10.9 Å². The third-order valence-corrected chi connectivity index (χ3v) is 6.40. The summed E-state index contributed by atoms with van der Waals surface area (Å²) in [5, 5.41) is 4.40. The average molecular weight is 488 g/mol. The molecular formula is C23H24BrClN4O. The van der Waals surface area contributed by atoms with Crippen molar-refractivity contribution in [2.45, 2.75) is 13.8 Å². The van der Waals surface area contributed by atoms with Crippen LogP contribution < -0.4 is 10.2 Å². The van der Waals surface area contributed by atoms with E-state index in [0.717, 1.165) is 65.2 Å². The van der Waals surface area contributed by atoms with E-state index in [2.05, 4.69) is 51.0 Å². The number of piperazine rings is 1. The van der Waals surface area contributed by atoms with Crippen molar-refractivity contribution in [1.82, 2.24) is 9.88 Å². The molecule has 1 fully saturated rings. The number of likely N-dealkylation sites (N-methyl/N-ethyl adjacent to an activating group) is 1. The highest BCUT2D eigenvalue weighted by atomic mass is 79.9. The maximum Gasteiger partial charge on any atom is 0.257 e. The molecule has 1 N–H and O–H groups in total. The molecule has 156 valence electrons. The van der Waals surface area contributed by atoms with Crippen LogP contribution in [-0.4, -0.2) is 48.5 Å². The van der Waals surface area contributed by atoms with Gasteiger partial charge in [-0.25, -0.2) is 4.98 Å². The van der Waals surface area contributed by atoms with E-state index in [1.165, 1.54) is 0 Å². The smallest absolute Gasteiger partial charge is 0.257 e. The van der Waals surface area contributed by atoms with Gasteiger partial charge >= 0.3 is 0 Å². The van der Waals surface area contributed by atoms with Crippen molar-refractivity contribution in [1.29, 1.82) is 0 Å². The molecule has 0 aliphatic carbocycles. The average Bonchev–Trinajstić information content (AvgIpc) is 2.75. The van der Waals surface area contributed by atoms with Crippen LogP contribution in [0.2, 0.25) is 5.02 Å². The Morgan fingerprint density at radius 2 is 1.90 bits per heavy atom. The summed E-state index contributed by atoms with van der Waals surface area (Å²) >= 11 is 9.57. The van der Waals surface area contributed by atoms with Crippen LogP contribution in [0.5, 0.6) is 0 Å². The minimum absolute atomic E-state index is 0.239. The molecule has 2 aromatic carbocycles. The first kappa shape index (κ1) is 21.1. The lowest BCUT2D eigenvalue weighted by atomic mass is 10.1. The summed E-state index contributed by atoms with van der Waals surface area (Å²) in [5.41, 5.74) is 3.23. The van der Waals surface area contributed by atoms with Crippen molar-refractivity contribution < 1.29 is 4.79 Å². The van der Waals surface area contributed by atoms with E-state index in [-0.39, 0.29) is 5.91 Å². The largest absolute Gasteiger partial charge is 0.354 e. The lowest BCUT2D eigenvalue weighted by Crippen LogP contribution is -2.46. The van der Waals surface area contributed by atoms with Crippen LogP contribution in [-0.2, 0) is 0 Å². The molecule has 1 saturated heterocycles. The number of nitrogens with one attached hydrogen (secondary N) is 1. The van der Waals surface area contributed by atoms with E-state index in [9.17, 15) is 4.79 Å². The molecule has 7 heteroatoms. The number of halogens is 2. The number of carbonyl (C=O) groups is 1. The monoisotopic (exact) mass is 486 g/mol. The van der Waals surface area contributed by atoms with E-state index in [1.54, 1.807) is 12.1 Å². The Labute approximate surface area is 190 Å². The van der Waals surface area contributed by atoms with Crippen LogP contribution in [0.15, 0.2) is 46.9 Å². The Morgan fingerprint density at radius 1 is 1.13 bits per heavy atom. The number of aromatic nitrogens is 1. The number of hydrogen-bond acceptors (Lipinski definition) is 4. The number of carbonyl (C=O) groups excluding carboxylic acids is 1. The number of fused-ring (bicyclic) bond motifs is 1. The molecule has 1 amide bonds. The minimum Gasteiger partial charge on any atom is -0.354 e. The van der Waals surface area contributed by atoms with Crippen LogP contribution in [0.4, 0.5) is 11.5 Å². The van der Waals surface area contributed by atoms with E-state index >= 15 is 0 Å². The summed E-state index contributed by atoms with van der Waals surface area (Å²) in [4.78, 5) is 22.4. The van der Waals surface area contributed by atoms with Gasteiger partial charge in [0.05, 0.1) is 16.1 Å². The molecule has 0 atom stereocenters. The van der Waals surface area contributed by atoms with Crippen LogP contribution >= 0.6 is 27.5 Å². The van der Waals surface area contributed by atoms with Gasteiger partial charge in [0.1, 0.15) is 5.82 Å². The molecule has 3 aromatic rings. The molecule has 0 spiro atoms. The van der Waals surface area contributed by atoms with Gasteiger partial charge in [-0.05, 0) is 61.5 Å². The zero-order chi connectivity index (χ0) is 21.3. The summed E-state index contributed by atoms with van der Waals surface area (Å²) < 4.78 is 0.808. The topological polar surface area (TPSA) is 48.5 Å². The van der Waals surface area contributed by atoms with Crippen molar-refractivity contribution in [3.05, 3.63) is 63.1 Å². The van der Waals surface area contributed by atoms with E-state index < -0.39 is 0 Å². The normalized spacial score (nSPS) is 14.9.